The summed E-state index contributed by atoms with van der Waals surface area (Å²) in [6.45, 7) is 1.78. The summed E-state index contributed by atoms with van der Waals surface area (Å²) in [6, 6.07) is 7.91. The van der Waals surface area contributed by atoms with Crippen LogP contribution in [0, 0.1) is 0 Å². The summed E-state index contributed by atoms with van der Waals surface area (Å²) >= 11 is 11.5. The van der Waals surface area contributed by atoms with Crippen LogP contribution in [-0.4, -0.2) is 19.0 Å². The number of benzene rings is 1. The highest BCUT2D eigenvalue weighted by Gasteiger charge is 1.97. The Kier molecular flexibility index (Phi) is 5.21. The molecule has 1 N–H and O–H groups in total. The molecular formula is C10H13Cl2N. The molecule has 1 aromatic carbocycles. The Labute approximate surface area is 89.0 Å². The first-order chi connectivity index (χ1) is 6.34. The number of alkyl halides is 1. The SMILES string of the molecule is ClCCNCCc1ccccc1Cl. The van der Waals surface area contributed by atoms with Crippen molar-refractivity contribution in [1.29, 1.82) is 0 Å². The van der Waals surface area contributed by atoms with Crippen LogP contribution in [0.3, 0.4) is 0 Å². The van der Waals surface area contributed by atoms with Crippen LogP contribution in [0.4, 0.5) is 0 Å². The van der Waals surface area contributed by atoms with Crippen LogP contribution in [0.5, 0.6) is 0 Å². The lowest BCUT2D eigenvalue weighted by Gasteiger charge is -2.04. The normalized spacial score (nSPS) is 10.3. The molecule has 0 saturated heterocycles. The maximum Gasteiger partial charge on any atom is 0.0438 e. The van der Waals surface area contributed by atoms with Crippen LogP contribution >= 0.6 is 23.2 Å². The molecule has 1 aromatic rings. The Morgan fingerprint density at radius 1 is 1.15 bits per heavy atom. The van der Waals surface area contributed by atoms with Gasteiger partial charge in [0.05, 0.1) is 0 Å². The predicted octanol–water partition coefficient (Wildman–Crippen LogP) is 2.71. The van der Waals surface area contributed by atoms with Gasteiger partial charge in [-0.3, -0.25) is 0 Å². The van der Waals surface area contributed by atoms with Crippen molar-refractivity contribution < 1.29 is 0 Å². The molecule has 1 nitrogen and oxygen atoms in total. The second-order valence-electron chi connectivity index (χ2n) is 2.78. The van der Waals surface area contributed by atoms with Crippen molar-refractivity contribution >= 4 is 23.2 Å². The standard InChI is InChI=1S/C10H13Cl2N/c11-6-8-13-7-5-9-3-1-2-4-10(9)12/h1-4,13H,5-8H2. The number of hydrogen-bond donors (Lipinski definition) is 1. The Hall–Kier alpha value is -0.240. The fourth-order valence-corrected chi connectivity index (χ4v) is 1.48. The lowest BCUT2D eigenvalue weighted by atomic mass is 10.1. The van der Waals surface area contributed by atoms with Gasteiger partial charge in [-0.2, -0.15) is 0 Å². The van der Waals surface area contributed by atoms with Gasteiger partial charge in [0.15, 0.2) is 0 Å². The Balaban J connectivity index is 2.32. The highest BCUT2D eigenvalue weighted by atomic mass is 35.5. The first-order valence-electron chi connectivity index (χ1n) is 4.34. The molecule has 0 spiro atoms. The van der Waals surface area contributed by atoms with Gasteiger partial charge in [-0.05, 0) is 24.6 Å². The second-order valence-corrected chi connectivity index (χ2v) is 3.57. The zero-order valence-corrected chi connectivity index (χ0v) is 8.91. The molecule has 0 aliphatic heterocycles. The van der Waals surface area contributed by atoms with Crippen molar-refractivity contribution in [3.63, 3.8) is 0 Å². The van der Waals surface area contributed by atoms with Gasteiger partial charge < -0.3 is 5.32 Å². The van der Waals surface area contributed by atoms with Crippen LogP contribution < -0.4 is 5.32 Å². The Morgan fingerprint density at radius 3 is 2.62 bits per heavy atom. The fraction of sp³-hybridized carbons (Fsp3) is 0.400. The Bertz CT molecular complexity index is 250. The summed E-state index contributed by atoms with van der Waals surface area (Å²) in [4.78, 5) is 0. The van der Waals surface area contributed by atoms with E-state index in [1.165, 1.54) is 5.56 Å². The van der Waals surface area contributed by atoms with Crippen molar-refractivity contribution in [3.8, 4) is 0 Å². The summed E-state index contributed by atoms with van der Waals surface area (Å²) < 4.78 is 0. The molecule has 13 heavy (non-hydrogen) atoms. The maximum atomic E-state index is 5.98. The van der Waals surface area contributed by atoms with Gasteiger partial charge in [0.2, 0.25) is 0 Å². The first-order valence-corrected chi connectivity index (χ1v) is 5.26. The third-order valence-corrected chi connectivity index (χ3v) is 2.36. The van der Waals surface area contributed by atoms with Gasteiger partial charge in [-0.1, -0.05) is 29.8 Å². The van der Waals surface area contributed by atoms with Crippen molar-refractivity contribution in [1.82, 2.24) is 5.32 Å². The minimum atomic E-state index is 0.655. The van der Waals surface area contributed by atoms with E-state index < -0.39 is 0 Å². The average Bonchev–Trinajstić information content (AvgIpc) is 2.15. The molecule has 1 rings (SSSR count). The number of rotatable bonds is 5. The van der Waals surface area contributed by atoms with Gasteiger partial charge in [0, 0.05) is 17.4 Å². The zero-order chi connectivity index (χ0) is 9.52. The average molecular weight is 218 g/mol. The molecule has 0 atom stereocenters. The molecule has 0 unspecified atom stereocenters. The summed E-state index contributed by atoms with van der Waals surface area (Å²) in [7, 11) is 0. The number of halogens is 2. The van der Waals surface area contributed by atoms with Crippen LogP contribution in [0.15, 0.2) is 24.3 Å². The molecule has 0 radical (unpaired) electrons. The molecule has 0 aliphatic rings. The summed E-state index contributed by atoms with van der Waals surface area (Å²) in [5.41, 5.74) is 1.19. The van der Waals surface area contributed by atoms with Crippen LogP contribution in [0.2, 0.25) is 5.02 Å². The molecule has 0 saturated carbocycles. The van der Waals surface area contributed by atoms with E-state index in [2.05, 4.69) is 5.32 Å². The molecule has 3 heteroatoms. The molecule has 0 heterocycles. The van der Waals surface area contributed by atoms with E-state index >= 15 is 0 Å². The second kappa shape index (κ2) is 6.25. The molecule has 0 amide bonds. The molecule has 0 fully saturated rings. The van der Waals surface area contributed by atoms with Crippen molar-refractivity contribution in [3.05, 3.63) is 34.9 Å². The van der Waals surface area contributed by atoms with Crippen LogP contribution in [0.1, 0.15) is 5.56 Å². The smallest absolute Gasteiger partial charge is 0.0438 e. The lowest BCUT2D eigenvalue weighted by molar-refractivity contribution is 0.719. The van der Waals surface area contributed by atoms with E-state index in [1.54, 1.807) is 0 Å². The van der Waals surface area contributed by atoms with Gasteiger partial charge in [-0.15, -0.1) is 11.6 Å². The van der Waals surface area contributed by atoms with Gasteiger partial charge in [0.1, 0.15) is 0 Å². The van der Waals surface area contributed by atoms with E-state index in [0.717, 1.165) is 24.5 Å². The molecule has 0 aliphatic carbocycles. The summed E-state index contributed by atoms with van der Waals surface area (Å²) in [5, 5.41) is 4.06. The van der Waals surface area contributed by atoms with Crippen molar-refractivity contribution in [2.45, 2.75) is 6.42 Å². The lowest BCUT2D eigenvalue weighted by Crippen LogP contribution is -2.19. The van der Waals surface area contributed by atoms with Crippen LogP contribution in [-0.2, 0) is 6.42 Å². The van der Waals surface area contributed by atoms with Crippen LogP contribution in [0.25, 0.3) is 0 Å². The molecule has 0 bridgehead atoms. The molecule has 72 valence electrons. The third kappa shape index (κ3) is 3.99. The summed E-state index contributed by atoms with van der Waals surface area (Å²) in [6.07, 6.45) is 0.955. The van der Waals surface area contributed by atoms with E-state index in [1.807, 2.05) is 24.3 Å². The monoisotopic (exact) mass is 217 g/mol. The van der Waals surface area contributed by atoms with E-state index in [0.29, 0.717) is 5.88 Å². The zero-order valence-electron chi connectivity index (χ0n) is 7.39. The highest BCUT2D eigenvalue weighted by Crippen LogP contribution is 2.14. The van der Waals surface area contributed by atoms with Gasteiger partial charge in [-0.25, -0.2) is 0 Å². The minimum absolute atomic E-state index is 0.655. The largest absolute Gasteiger partial charge is 0.315 e. The van der Waals surface area contributed by atoms with E-state index in [-0.39, 0.29) is 0 Å². The quantitative estimate of drug-likeness (QED) is 0.591. The van der Waals surface area contributed by atoms with E-state index in [9.17, 15) is 0 Å². The first kappa shape index (κ1) is 10.8. The van der Waals surface area contributed by atoms with Crippen molar-refractivity contribution in [2.24, 2.45) is 0 Å². The predicted molar refractivity (Wildman–Crippen MR) is 58.7 cm³/mol. The van der Waals surface area contributed by atoms with E-state index in [4.69, 9.17) is 23.2 Å². The highest BCUT2D eigenvalue weighted by molar-refractivity contribution is 6.31. The summed E-state index contributed by atoms with van der Waals surface area (Å²) in [5.74, 6) is 0.655. The molecular weight excluding hydrogens is 205 g/mol. The van der Waals surface area contributed by atoms with Gasteiger partial charge in [0.25, 0.3) is 0 Å². The minimum Gasteiger partial charge on any atom is -0.315 e. The number of hydrogen-bond acceptors (Lipinski definition) is 1. The fourth-order valence-electron chi connectivity index (χ4n) is 1.12. The Morgan fingerprint density at radius 2 is 1.92 bits per heavy atom. The third-order valence-electron chi connectivity index (χ3n) is 1.80. The van der Waals surface area contributed by atoms with Gasteiger partial charge >= 0.3 is 0 Å². The maximum absolute atomic E-state index is 5.98. The topological polar surface area (TPSA) is 12.0 Å². The number of nitrogens with one attached hydrogen (secondary N) is 1. The molecule has 0 aromatic heterocycles. The van der Waals surface area contributed by atoms with Crippen molar-refractivity contribution in [2.75, 3.05) is 19.0 Å².